The molecule has 0 saturated carbocycles. The van der Waals surface area contributed by atoms with Gasteiger partial charge in [-0.1, -0.05) is 36.4 Å². The van der Waals surface area contributed by atoms with Gasteiger partial charge in [0, 0.05) is 13.1 Å². The molecular weight excluding hydrogens is 436 g/mol. The summed E-state index contributed by atoms with van der Waals surface area (Å²) in [6.07, 6.45) is -3.88. The maximum atomic E-state index is 13.3. The summed E-state index contributed by atoms with van der Waals surface area (Å²) in [5, 5.41) is 0. The van der Waals surface area contributed by atoms with Crippen molar-refractivity contribution in [1.82, 2.24) is 4.90 Å². The third-order valence-electron chi connectivity index (χ3n) is 4.97. The van der Waals surface area contributed by atoms with E-state index in [9.17, 15) is 22.4 Å². The van der Waals surface area contributed by atoms with Crippen LogP contribution < -0.4 is 10.5 Å². The molecule has 4 nitrogen and oxygen atoms in total. The Kier molecular flexibility index (Phi) is 8.06. The Morgan fingerprint density at radius 2 is 1.67 bits per heavy atom. The summed E-state index contributed by atoms with van der Waals surface area (Å²) >= 11 is 0. The molecule has 174 valence electrons. The van der Waals surface area contributed by atoms with Gasteiger partial charge in [0.2, 0.25) is 0 Å². The molecule has 0 spiro atoms. The van der Waals surface area contributed by atoms with Gasteiger partial charge in [0.1, 0.15) is 18.2 Å². The molecule has 0 heterocycles. The third-order valence-corrected chi connectivity index (χ3v) is 4.97. The van der Waals surface area contributed by atoms with E-state index < -0.39 is 11.7 Å². The van der Waals surface area contributed by atoms with Crippen LogP contribution in [0.5, 0.6) is 5.75 Å². The Morgan fingerprint density at radius 1 is 0.939 bits per heavy atom. The predicted octanol–water partition coefficient (Wildman–Crippen LogP) is 5.41. The standard InChI is InChI=1S/C25H24F4N2O2/c26-21-11-9-18(10-12-21)16-31(14-4-13-30)24(32)22-7-1-2-8-23(22)33-17-19-5-3-6-20(15-19)25(27,28)29/h1-3,5-12,15H,4,13-14,16-17,30H2. The van der Waals surface area contributed by atoms with E-state index in [-0.39, 0.29) is 36.2 Å². The van der Waals surface area contributed by atoms with Crippen LogP contribution in [0.25, 0.3) is 0 Å². The van der Waals surface area contributed by atoms with Gasteiger partial charge in [0.15, 0.2) is 0 Å². The quantitative estimate of drug-likeness (QED) is 0.434. The van der Waals surface area contributed by atoms with Crippen LogP contribution >= 0.6 is 0 Å². The lowest BCUT2D eigenvalue weighted by Crippen LogP contribution is -2.32. The molecule has 0 aliphatic rings. The molecule has 0 unspecified atom stereocenters. The van der Waals surface area contributed by atoms with Gasteiger partial charge in [-0.05, 0) is 60.5 Å². The monoisotopic (exact) mass is 460 g/mol. The van der Waals surface area contributed by atoms with Crippen molar-refractivity contribution in [2.75, 3.05) is 13.1 Å². The number of alkyl halides is 3. The highest BCUT2D eigenvalue weighted by atomic mass is 19.4. The summed E-state index contributed by atoms with van der Waals surface area (Å²) in [7, 11) is 0. The van der Waals surface area contributed by atoms with E-state index in [4.69, 9.17) is 10.5 Å². The molecule has 0 atom stereocenters. The normalized spacial score (nSPS) is 11.3. The van der Waals surface area contributed by atoms with E-state index in [2.05, 4.69) is 0 Å². The Balaban J connectivity index is 1.79. The maximum Gasteiger partial charge on any atom is 0.416 e. The number of benzene rings is 3. The number of ether oxygens (including phenoxy) is 1. The molecule has 0 aliphatic heterocycles. The van der Waals surface area contributed by atoms with Crippen LogP contribution in [0.4, 0.5) is 17.6 Å². The maximum absolute atomic E-state index is 13.3. The average molecular weight is 460 g/mol. The Labute approximate surface area is 189 Å². The number of rotatable bonds is 9. The van der Waals surface area contributed by atoms with Gasteiger partial charge < -0.3 is 15.4 Å². The number of nitrogens with two attached hydrogens (primary N) is 1. The minimum absolute atomic E-state index is 0.130. The van der Waals surface area contributed by atoms with Crippen LogP contribution in [0.2, 0.25) is 0 Å². The first-order valence-electron chi connectivity index (χ1n) is 10.4. The second-order valence-electron chi connectivity index (χ2n) is 7.48. The van der Waals surface area contributed by atoms with Crippen molar-refractivity contribution in [2.45, 2.75) is 25.7 Å². The highest BCUT2D eigenvalue weighted by Crippen LogP contribution is 2.30. The molecule has 0 bridgehead atoms. The minimum Gasteiger partial charge on any atom is -0.488 e. The topological polar surface area (TPSA) is 55.6 Å². The fourth-order valence-corrected chi connectivity index (χ4v) is 3.28. The minimum atomic E-state index is -4.45. The number of hydrogen-bond acceptors (Lipinski definition) is 3. The van der Waals surface area contributed by atoms with Crippen LogP contribution in [-0.4, -0.2) is 23.9 Å². The van der Waals surface area contributed by atoms with Crippen LogP contribution in [0.1, 0.15) is 33.5 Å². The fraction of sp³-hybridized carbons (Fsp3) is 0.240. The first kappa shape index (κ1) is 24.3. The average Bonchev–Trinajstić information content (AvgIpc) is 2.81. The van der Waals surface area contributed by atoms with Gasteiger partial charge in [0.25, 0.3) is 5.91 Å². The van der Waals surface area contributed by atoms with Gasteiger partial charge in [-0.25, -0.2) is 4.39 Å². The number of hydrogen-bond donors (Lipinski definition) is 1. The zero-order chi connectivity index (χ0) is 23.8. The van der Waals surface area contributed by atoms with Crippen molar-refractivity contribution in [3.8, 4) is 5.75 Å². The summed E-state index contributed by atoms with van der Waals surface area (Å²) < 4.78 is 57.9. The first-order chi connectivity index (χ1) is 15.8. The number of nitrogens with zero attached hydrogens (tertiary/aromatic N) is 1. The van der Waals surface area contributed by atoms with Crippen molar-refractivity contribution >= 4 is 5.91 Å². The lowest BCUT2D eigenvalue weighted by atomic mass is 10.1. The number of halogens is 4. The molecule has 3 aromatic carbocycles. The zero-order valence-electron chi connectivity index (χ0n) is 17.8. The molecule has 8 heteroatoms. The summed E-state index contributed by atoms with van der Waals surface area (Å²) in [5.74, 6) is -0.420. The Bertz CT molecular complexity index is 1070. The van der Waals surface area contributed by atoms with Gasteiger partial charge in [-0.2, -0.15) is 13.2 Å². The SMILES string of the molecule is NCCCN(Cc1ccc(F)cc1)C(=O)c1ccccc1OCc1cccc(C(F)(F)F)c1. The van der Waals surface area contributed by atoms with E-state index in [1.165, 1.54) is 24.3 Å². The second-order valence-corrected chi connectivity index (χ2v) is 7.48. The Morgan fingerprint density at radius 3 is 2.36 bits per heavy atom. The number of carbonyl (C=O) groups excluding carboxylic acids is 1. The number of amides is 1. The Hall–Kier alpha value is -3.39. The van der Waals surface area contributed by atoms with E-state index in [0.717, 1.165) is 17.7 Å². The van der Waals surface area contributed by atoms with Gasteiger partial charge in [-0.3, -0.25) is 4.79 Å². The van der Waals surface area contributed by atoms with Crippen molar-refractivity contribution in [3.63, 3.8) is 0 Å². The van der Waals surface area contributed by atoms with E-state index in [0.29, 0.717) is 25.1 Å². The molecule has 33 heavy (non-hydrogen) atoms. The molecule has 0 aromatic heterocycles. The second kappa shape index (κ2) is 11.0. The van der Waals surface area contributed by atoms with Gasteiger partial charge >= 0.3 is 6.18 Å². The first-order valence-corrected chi connectivity index (χ1v) is 10.4. The van der Waals surface area contributed by atoms with Crippen molar-refractivity contribution < 1.29 is 27.1 Å². The highest BCUT2D eigenvalue weighted by Gasteiger charge is 2.30. The molecule has 0 fully saturated rings. The van der Waals surface area contributed by atoms with E-state index >= 15 is 0 Å². The zero-order valence-corrected chi connectivity index (χ0v) is 17.8. The molecular formula is C25H24F4N2O2. The highest BCUT2D eigenvalue weighted by molar-refractivity contribution is 5.96. The third kappa shape index (κ3) is 6.79. The van der Waals surface area contributed by atoms with Crippen LogP contribution in [0.15, 0.2) is 72.8 Å². The molecule has 0 saturated heterocycles. The number of carbonyl (C=O) groups is 1. The van der Waals surface area contributed by atoms with Crippen molar-refractivity contribution in [2.24, 2.45) is 5.73 Å². The molecule has 0 radical (unpaired) electrons. The smallest absolute Gasteiger partial charge is 0.416 e. The fourth-order valence-electron chi connectivity index (χ4n) is 3.28. The van der Waals surface area contributed by atoms with E-state index in [1.807, 2.05) is 0 Å². The summed E-state index contributed by atoms with van der Waals surface area (Å²) in [6, 6.07) is 17.3. The summed E-state index contributed by atoms with van der Waals surface area (Å²) in [5.41, 5.74) is 6.22. The number of para-hydroxylation sites is 1. The predicted molar refractivity (Wildman–Crippen MR) is 117 cm³/mol. The van der Waals surface area contributed by atoms with Crippen molar-refractivity contribution in [3.05, 3.63) is 101 Å². The lowest BCUT2D eigenvalue weighted by molar-refractivity contribution is -0.137. The van der Waals surface area contributed by atoms with Crippen LogP contribution in [0.3, 0.4) is 0 Å². The van der Waals surface area contributed by atoms with Crippen molar-refractivity contribution in [1.29, 1.82) is 0 Å². The van der Waals surface area contributed by atoms with Crippen LogP contribution in [-0.2, 0) is 19.3 Å². The lowest BCUT2D eigenvalue weighted by Gasteiger charge is -2.24. The van der Waals surface area contributed by atoms with Crippen LogP contribution in [0, 0.1) is 5.82 Å². The molecule has 1 amide bonds. The molecule has 3 rings (SSSR count). The van der Waals surface area contributed by atoms with E-state index in [1.54, 1.807) is 41.3 Å². The largest absolute Gasteiger partial charge is 0.488 e. The van der Waals surface area contributed by atoms with Gasteiger partial charge in [0.05, 0.1) is 11.1 Å². The molecule has 0 aliphatic carbocycles. The van der Waals surface area contributed by atoms with Gasteiger partial charge in [-0.15, -0.1) is 0 Å². The summed E-state index contributed by atoms with van der Waals surface area (Å²) in [4.78, 5) is 14.9. The molecule has 3 aromatic rings. The summed E-state index contributed by atoms with van der Waals surface area (Å²) in [6.45, 7) is 0.894. The molecule has 2 N–H and O–H groups in total.